The topological polar surface area (TPSA) is 77.5 Å². The van der Waals surface area contributed by atoms with Crippen molar-refractivity contribution < 1.29 is 27.9 Å². The first-order chi connectivity index (χ1) is 12.1. The Morgan fingerprint density at radius 1 is 1.23 bits per heavy atom. The maximum Gasteiger partial charge on any atom is 0.573 e. The van der Waals surface area contributed by atoms with Crippen molar-refractivity contribution in [2.24, 2.45) is 0 Å². The van der Waals surface area contributed by atoms with Crippen LogP contribution in [0.1, 0.15) is 11.1 Å². The minimum Gasteiger partial charge on any atom is -0.494 e. The van der Waals surface area contributed by atoms with E-state index in [-0.39, 0.29) is 23.9 Å². The molecule has 0 saturated heterocycles. The highest BCUT2D eigenvalue weighted by Gasteiger charge is 2.30. The molecule has 0 aliphatic rings. The molecule has 3 aromatic rings. The van der Waals surface area contributed by atoms with Gasteiger partial charge < -0.3 is 14.4 Å². The van der Waals surface area contributed by atoms with E-state index < -0.39 is 11.3 Å². The fourth-order valence-electron chi connectivity index (χ4n) is 2.79. The Labute approximate surface area is 145 Å². The molecule has 0 aliphatic heterocycles. The van der Waals surface area contributed by atoms with E-state index in [0.29, 0.717) is 21.9 Å². The molecule has 136 valence electrons. The highest BCUT2D eigenvalue weighted by molar-refractivity contribution is 5.92. The number of halogens is 3. The second kappa shape index (κ2) is 6.25. The summed E-state index contributed by atoms with van der Waals surface area (Å²) in [7, 11) is 0. The van der Waals surface area contributed by atoms with Gasteiger partial charge in [-0.15, -0.1) is 13.2 Å². The molecule has 1 aromatic heterocycles. The van der Waals surface area contributed by atoms with Crippen LogP contribution in [0.25, 0.3) is 10.8 Å². The predicted octanol–water partition coefficient (Wildman–Crippen LogP) is 4.51. The average molecular weight is 366 g/mol. The summed E-state index contributed by atoms with van der Waals surface area (Å²) in [6, 6.07) is 7.98. The van der Waals surface area contributed by atoms with Crippen molar-refractivity contribution >= 4 is 16.5 Å². The molecule has 0 spiro atoms. The highest BCUT2D eigenvalue weighted by Crippen LogP contribution is 2.34. The largest absolute Gasteiger partial charge is 0.573 e. The van der Waals surface area contributed by atoms with Crippen molar-refractivity contribution in [2.75, 3.05) is 0 Å². The lowest BCUT2D eigenvalue weighted by atomic mass is 10.1. The molecule has 1 N–H and O–H groups in total. The Hall–Kier alpha value is -3.23. The maximum atomic E-state index is 12.2. The first-order valence-electron chi connectivity index (χ1n) is 7.45. The third-order valence-corrected chi connectivity index (χ3v) is 3.86. The molecule has 0 amide bonds. The zero-order valence-corrected chi connectivity index (χ0v) is 13.4. The van der Waals surface area contributed by atoms with E-state index in [0.717, 1.165) is 0 Å². The van der Waals surface area contributed by atoms with E-state index in [1.54, 1.807) is 13.1 Å². The Morgan fingerprint density at radius 3 is 2.46 bits per heavy atom. The summed E-state index contributed by atoms with van der Waals surface area (Å²) in [4.78, 5) is 10.4. The lowest BCUT2D eigenvalue weighted by Crippen LogP contribution is -2.17. The molecule has 0 unspecified atom stereocenters. The molecule has 0 radical (unpaired) electrons. The second-order valence-corrected chi connectivity index (χ2v) is 5.76. The van der Waals surface area contributed by atoms with Gasteiger partial charge in [-0.05, 0) is 30.2 Å². The fraction of sp³-hybridized carbons (Fsp3) is 0.176. The van der Waals surface area contributed by atoms with Crippen LogP contribution in [0, 0.1) is 17.0 Å². The van der Waals surface area contributed by atoms with E-state index >= 15 is 0 Å². The Balaban J connectivity index is 1.90. The number of benzene rings is 2. The molecule has 6 nitrogen and oxygen atoms in total. The minimum atomic E-state index is -4.76. The lowest BCUT2D eigenvalue weighted by molar-refractivity contribution is -0.384. The van der Waals surface area contributed by atoms with E-state index in [4.69, 9.17) is 0 Å². The zero-order chi connectivity index (χ0) is 19.1. The molecule has 26 heavy (non-hydrogen) atoms. The molecule has 0 saturated carbocycles. The molecular weight excluding hydrogens is 353 g/mol. The van der Waals surface area contributed by atoms with Crippen LogP contribution in [0.4, 0.5) is 18.9 Å². The first kappa shape index (κ1) is 17.6. The fourth-order valence-corrected chi connectivity index (χ4v) is 2.79. The van der Waals surface area contributed by atoms with Crippen molar-refractivity contribution in [1.29, 1.82) is 0 Å². The van der Waals surface area contributed by atoms with Crippen LogP contribution in [0.2, 0.25) is 0 Å². The third kappa shape index (κ3) is 3.56. The van der Waals surface area contributed by atoms with Crippen LogP contribution in [0.3, 0.4) is 0 Å². The van der Waals surface area contributed by atoms with E-state index in [1.165, 1.54) is 41.0 Å². The van der Waals surface area contributed by atoms with Gasteiger partial charge in [0.25, 0.3) is 5.69 Å². The second-order valence-electron chi connectivity index (χ2n) is 5.76. The number of rotatable bonds is 4. The van der Waals surface area contributed by atoms with Crippen molar-refractivity contribution in [3.8, 4) is 11.6 Å². The van der Waals surface area contributed by atoms with Gasteiger partial charge in [0.1, 0.15) is 5.75 Å². The molecule has 0 atom stereocenters. The number of aromatic nitrogens is 1. The number of fused-ring (bicyclic) bond motifs is 1. The van der Waals surface area contributed by atoms with Crippen molar-refractivity contribution in [3.63, 3.8) is 0 Å². The maximum absolute atomic E-state index is 12.2. The quantitative estimate of drug-likeness (QED) is 0.544. The summed E-state index contributed by atoms with van der Waals surface area (Å²) in [5, 5.41) is 22.3. The van der Waals surface area contributed by atoms with Crippen molar-refractivity contribution in [2.45, 2.75) is 19.8 Å². The summed E-state index contributed by atoms with van der Waals surface area (Å²) in [6.07, 6.45) is -3.20. The van der Waals surface area contributed by atoms with Crippen LogP contribution in [0.5, 0.6) is 11.6 Å². The number of non-ortho nitro benzene ring substituents is 1. The molecule has 2 aromatic carbocycles. The average Bonchev–Trinajstić information content (AvgIpc) is 2.84. The standard InChI is InChI=1S/C17H13F3N2O4/c1-10-6-13(22(24)25)7-12-9-21(16(23)15(10)12)8-11-2-4-14(5-3-11)26-17(18,19)20/h2-7,9,23H,8H2,1H3. The van der Waals surface area contributed by atoms with Gasteiger partial charge in [0.2, 0.25) is 0 Å². The van der Waals surface area contributed by atoms with Crippen LogP contribution < -0.4 is 4.74 Å². The van der Waals surface area contributed by atoms with Crippen molar-refractivity contribution in [3.05, 3.63) is 63.8 Å². The monoisotopic (exact) mass is 366 g/mol. The lowest BCUT2D eigenvalue weighted by Gasteiger charge is -2.10. The minimum absolute atomic E-state index is 0.0667. The van der Waals surface area contributed by atoms with Crippen molar-refractivity contribution in [1.82, 2.24) is 4.57 Å². The summed E-state index contributed by atoms with van der Waals surface area (Å²) < 4.78 is 41.8. The number of nitro groups is 1. The first-order valence-corrected chi connectivity index (χ1v) is 7.45. The van der Waals surface area contributed by atoms with Gasteiger partial charge in [0.05, 0.1) is 11.5 Å². The number of aromatic hydroxyl groups is 1. The van der Waals surface area contributed by atoms with Gasteiger partial charge >= 0.3 is 6.36 Å². The number of hydrogen-bond acceptors (Lipinski definition) is 4. The Kier molecular flexibility index (Phi) is 4.23. The molecule has 0 bridgehead atoms. The zero-order valence-electron chi connectivity index (χ0n) is 13.4. The van der Waals surface area contributed by atoms with Crippen LogP contribution >= 0.6 is 0 Å². The summed E-state index contributed by atoms with van der Waals surface area (Å²) >= 11 is 0. The molecule has 9 heteroatoms. The summed E-state index contributed by atoms with van der Waals surface area (Å²) in [5.41, 5.74) is 1.10. The Bertz CT molecular complexity index is 978. The number of alkyl halides is 3. The summed E-state index contributed by atoms with van der Waals surface area (Å²) in [5.74, 6) is -0.405. The molecule has 0 fully saturated rings. The van der Waals surface area contributed by atoms with Gasteiger partial charge in [0, 0.05) is 29.1 Å². The number of hydrogen-bond donors (Lipinski definition) is 1. The number of nitrogens with zero attached hydrogens (tertiary/aromatic N) is 2. The van der Waals surface area contributed by atoms with Gasteiger partial charge in [-0.3, -0.25) is 10.1 Å². The van der Waals surface area contributed by atoms with Gasteiger partial charge in [-0.1, -0.05) is 12.1 Å². The normalized spacial score (nSPS) is 11.7. The predicted molar refractivity (Wildman–Crippen MR) is 87.2 cm³/mol. The smallest absolute Gasteiger partial charge is 0.494 e. The van der Waals surface area contributed by atoms with Crippen LogP contribution in [-0.4, -0.2) is 21.0 Å². The number of aryl methyl sites for hydroxylation is 1. The SMILES string of the molecule is Cc1cc([N+](=O)[O-])cc2cn(Cc3ccc(OC(F)(F)F)cc3)c(O)c12. The van der Waals surface area contributed by atoms with E-state index in [2.05, 4.69) is 4.74 Å². The van der Waals surface area contributed by atoms with Gasteiger partial charge in [-0.25, -0.2) is 0 Å². The number of ether oxygens (including phenoxy) is 1. The van der Waals surface area contributed by atoms with Gasteiger partial charge in [0.15, 0.2) is 5.88 Å². The summed E-state index contributed by atoms with van der Waals surface area (Å²) in [6.45, 7) is 1.84. The number of nitro benzene ring substituents is 1. The molecule has 1 heterocycles. The van der Waals surface area contributed by atoms with Gasteiger partial charge in [-0.2, -0.15) is 0 Å². The third-order valence-electron chi connectivity index (χ3n) is 3.86. The van der Waals surface area contributed by atoms with E-state index in [1.807, 2.05) is 0 Å². The Morgan fingerprint density at radius 2 is 1.88 bits per heavy atom. The molecule has 0 aliphatic carbocycles. The highest BCUT2D eigenvalue weighted by atomic mass is 19.4. The van der Waals surface area contributed by atoms with E-state index in [9.17, 15) is 28.4 Å². The van der Waals surface area contributed by atoms with Crippen LogP contribution in [0.15, 0.2) is 42.6 Å². The van der Waals surface area contributed by atoms with Crippen LogP contribution in [-0.2, 0) is 6.54 Å². The molecular formula is C17H13F3N2O4. The molecule has 3 rings (SSSR count).